The van der Waals surface area contributed by atoms with Crippen molar-refractivity contribution >= 4 is 56.6 Å². The third-order valence-corrected chi connectivity index (χ3v) is 4.67. The van der Waals surface area contributed by atoms with E-state index in [0.717, 1.165) is 0 Å². The molecule has 0 aliphatic heterocycles. The number of halogens is 3. The molecule has 10 heteroatoms. The third kappa shape index (κ3) is 5.93. The number of anilines is 1. The number of rotatable bonds is 7. The number of hydrogen-bond acceptors (Lipinski definition) is 4. The van der Waals surface area contributed by atoms with Crippen molar-refractivity contribution in [1.82, 2.24) is 20.1 Å². The number of carbonyl (C=O) groups excluding carboxylic acids is 2. The average Bonchev–Trinajstić information content (AvgIpc) is 3.05. The Hall–Kier alpha value is -1.64. The van der Waals surface area contributed by atoms with Gasteiger partial charge in [-0.15, -0.1) is 23.2 Å². The summed E-state index contributed by atoms with van der Waals surface area (Å²) in [7, 11) is 0. The molecule has 0 unspecified atom stereocenters. The van der Waals surface area contributed by atoms with E-state index in [1.54, 1.807) is 36.7 Å². The molecule has 0 aliphatic carbocycles. The molecule has 0 aliphatic rings. The van der Waals surface area contributed by atoms with Gasteiger partial charge in [-0.2, -0.15) is 5.10 Å². The Labute approximate surface area is 182 Å². The van der Waals surface area contributed by atoms with Gasteiger partial charge in [-0.05, 0) is 61.8 Å². The number of hydrogen-bond donors (Lipinski definition) is 2. The van der Waals surface area contributed by atoms with E-state index in [0.29, 0.717) is 16.0 Å². The highest BCUT2D eigenvalue weighted by molar-refractivity contribution is 9.10. The highest BCUT2D eigenvalue weighted by Gasteiger charge is 2.41. The lowest BCUT2D eigenvalue weighted by Gasteiger charge is -2.33. The molecular formula is C18H22BrCl2N5O2. The van der Waals surface area contributed by atoms with Crippen molar-refractivity contribution in [3.8, 4) is 0 Å². The first-order valence-electron chi connectivity index (χ1n) is 8.58. The number of aromatic nitrogens is 3. The number of nitrogens with one attached hydrogen (secondary N) is 2. The fourth-order valence-electron chi connectivity index (χ4n) is 2.74. The molecule has 0 saturated heterocycles. The van der Waals surface area contributed by atoms with Gasteiger partial charge in [0.15, 0.2) is 0 Å². The van der Waals surface area contributed by atoms with Crippen LogP contribution in [0.5, 0.6) is 0 Å². The Morgan fingerprint density at radius 3 is 2.46 bits per heavy atom. The van der Waals surface area contributed by atoms with Crippen LogP contribution in [0, 0.1) is 0 Å². The maximum atomic E-state index is 13.0. The van der Waals surface area contributed by atoms with Gasteiger partial charge in [-0.3, -0.25) is 14.3 Å². The zero-order valence-corrected chi connectivity index (χ0v) is 19.1. The average molecular weight is 491 g/mol. The maximum absolute atomic E-state index is 13.0. The topological polar surface area (TPSA) is 88.9 Å². The Kier molecular flexibility index (Phi) is 7.12. The maximum Gasteiger partial charge on any atom is 0.270 e. The highest BCUT2D eigenvalue weighted by Crippen LogP contribution is 2.31. The minimum Gasteiger partial charge on any atom is -0.336 e. The van der Waals surface area contributed by atoms with Crippen LogP contribution in [0.4, 0.5) is 5.69 Å². The molecule has 28 heavy (non-hydrogen) atoms. The smallest absolute Gasteiger partial charge is 0.270 e. The van der Waals surface area contributed by atoms with Crippen LogP contribution in [0.25, 0.3) is 0 Å². The van der Waals surface area contributed by atoms with E-state index < -0.39 is 21.7 Å². The fraction of sp³-hybridized carbons (Fsp3) is 0.444. The van der Waals surface area contributed by atoms with Gasteiger partial charge < -0.3 is 10.6 Å². The van der Waals surface area contributed by atoms with Crippen LogP contribution in [-0.4, -0.2) is 36.5 Å². The van der Waals surface area contributed by atoms with Crippen LogP contribution in [0.2, 0.25) is 0 Å². The van der Waals surface area contributed by atoms with E-state index in [9.17, 15) is 9.59 Å². The monoisotopic (exact) mass is 489 g/mol. The van der Waals surface area contributed by atoms with Gasteiger partial charge in [0.05, 0.1) is 11.9 Å². The van der Waals surface area contributed by atoms with Crippen molar-refractivity contribution in [2.45, 2.75) is 50.0 Å². The minimum atomic E-state index is -1.38. The Balaban J connectivity index is 2.28. The molecule has 2 aromatic heterocycles. The molecule has 1 atom stereocenters. The van der Waals surface area contributed by atoms with E-state index in [1.807, 2.05) is 13.8 Å². The second-order valence-corrected chi connectivity index (χ2v) is 9.79. The number of alkyl halides is 2. The van der Waals surface area contributed by atoms with Crippen LogP contribution in [0.15, 0.2) is 35.2 Å². The summed E-state index contributed by atoms with van der Waals surface area (Å²) in [6.45, 7) is 6.95. The SMILES string of the molecule is CC(C)n1nccc1C(=O)N[C@@](C)(CC(C)(Cl)Cl)C(=O)Nc1ccc(Br)nc1. The zero-order valence-electron chi connectivity index (χ0n) is 16.0. The Morgan fingerprint density at radius 1 is 1.25 bits per heavy atom. The largest absolute Gasteiger partial charge is 0.336 e. The van der Waals surface area contributed by atoms with Crippen molar-refractivity contribution in [2.75, 3.05) is 5.32 Å². The predicted octanol–water partition coefficient (Wildman–Crippen LogP) is 4.33. The summed E-state index contributed by atoms with van der Waals surface area (Å²) in [5.74, 6) is -0.913. The first-order chi connectivity index (χ1) is 12.9. The van der Waals surface area contributed by atoms with Gasteiger partial charge in [0.2, 0.25) is 5.91 Å². The van der Waals surface area contributed by atoms with E-state index in [-0.39, 0.29) is 12.5 Å². The molecule has 0 radical (unpaired) electrons. The van der Waals surface area contributed by atoms with Crippen LogP contribution in [0.3, 0.4) is 0 Å². The van der Waals surface area contributed by atoms with E-state index in [1.165, 1.54) is 12.4 Å². The normalized spacial score (nSPS) is 13.9. The Morgan fingerprint density at radius 2 is 1.93 bits per heavy atom. The molecule has 2 heterocycles. The lowest BCUT2D eigenvalue weighted by molar-refractivity contribution is -0.121. The summed E-state index contributed by atoms with van der Waals surface area (Å²) in [6.07, 6.45) is 3.02. The van der Waals surface area contributed by atoms with Crippen molar-refractivity contribution in [2.24, 2.45) is 0 Å². The van der Waals surface area contributed by atoms with E-state index in [2.05, 4.69) is 36.6 Å². The number of pyridine rings is 1. The summed E-state index contributed by atoms with van der Waals surface area (Å²) in [5, 5.41) is 9.66. The van der Waals surface area contributed by atoms with Crippen LogP contribution >= 0.6 is 39.1 Å². The first-order valence-corrected chi connectivity index (χ1v) is 10.1. The zero-order chi connectivity index (χ0) is 21.1. The molecule has 0 aromatic carbocycles. The van der Waals surface area contributed by atoms with Crippen LogP contribution in [0.1, 0.15) is 50.6 Å². The van der Waals surface area contributed by atoms with Crippen LogP contribution < -0.4 is 10.6 Å². The summed E-state index contributed by atoms with van der Waals surface area (Å²) in [5.41, 5.74) is -0.564. The highest BCUT2D eigenvalue weighted by atomic mass is 79.9. The van der Waals surface area contributed by atoms with E-state index in [4.69, 9.17) is 23.2 Å². The van der Waals surface area contributed by atoms with Gasteiger partial charge in [-0.25, -0.2) is 4.98 Å². The lowest BCUT2D eigenvalue weighted by atomic mass is 9.93. The molecule has 2 aromatic rings. The van der Waals surface area contributed by atoms with Gasteiger partial charge >= 0.3 is 0 Å². The van der Waals surface area contributed by atoms with Crippen LogP contribution in [-0.2, 0) is 4.79 Å². The molecule has 2 N–H and O–H groups in total. The van der Waals surface area contributed by atoms with Crippen molar-refractivity contribution in [3.05, 3.63) is 40.9 Å². The molecule has 0 spiro atoms. The third-order valence-electron chi connectivity index (χ3n) is 3.93. The molecule has 0 fully saturated rings. The van der Waals surface area contributed by atoms with Gasteiger partial charge in [0, 0.05) is 18.7 Å². The van der Waals surface area contributed by atoms with Gasteiger partial charge in [0.25, 0.3) is 5.91 Å². The summed E-state index contributed by atoms with van der Waals surface area (Å²) < 4.78 is 0.972. The first kappa shape index (κ1) is 22.6. The predicted molar refractivity (Wildman–Crippen MR) is 114 cm³/mol. The number of amides is 2. The van der Waals surface area contributed by atoms with Crippen molar-refractivity contribution in [1.29, 1.82) is 0 Å². The minimum absolute atomic E-state index is 0.0134. The lowest BCUT2D eigenvalue weighted by Crippen LogP contribution is -2.57. The molecule has 7 nitrogen and oxygen atoms in total. The molecule has 152 valence electrons. The summed E-state index contributed by atoms with van der Waals surface area (Å²) in [6, 6.07) is 4.95. The van der Waals surface area contributed by atoms with Crippen molar-refractivity contribution in [3.63, 3.8) is 0 Å². The molecular weight excluding hydrogens is 469 g/mol. The molecule has 2 amide bonds. The number of nitrogens with zero attached hydrogens (tertiary/aromatic N) is 3. The fourth-order valence-corrected chi connectivity index (χ4v) is 3.51. The molecule has 0 saturated carbocycles. The molecule has 0 bridgehead atoms. The van der Waals surface area contributed by atoms with Gasteiger partial charge in [0.1, 0.15) is 20.2 Å². The second kappa shape index (κ2) is 8.80. The summed E-state index contributed by atoms with van der Waals surface area (Å²) >= 11 is 15.6. The van der Waals surface area contributed by atoms with E-state index >= 15 is 0 Å². The Bertz CT molecular complexity index is 848. The quantitative estimate of drug-likeness (QED) is 0.446. The summed E-state index contributed by atoms with van der Waals surface area (Å²) in [4.78, 5) is 30.0. The van der Waals surface area contributed by atoms with Gasteiger partial charge in [-0.1, -0.05) is 0 Å². The second-order valence-electron chi connectivity index (χ2n) is 7.11. The molecule has 2 rings (SSSR count). The standard InChI is InChI=1S/C18H22BrCl2N5O2/c1-11(2)26-13(7-8-23-26)15(27)25-17(3,10-18(4,20)21)16(28)24-12-5-6-14(19)22-9-12/h5-9,11H,10H2,1-4H3,(H,24,28)(H,25,27)/t17-/m0/s1. The van der Waals surface area contributed by atoms with Crippen molar-refractivity contribution < 1.29 is 9.59 Å². The number of carbonyl (C=O) groups is 2.